The number of sulfonamides is 1. The van der Waals surface area contributed by atoms with E-state index >= 15 is 0 Å². The van der Waals surface area contributed by atoms with Crippen LogP contribution in [0.25, 0.3) is 0 Å². The molecule has 102 valence electrons. The fourth-order valence-corrected chi connectivity index (χ4v) is 3.39. The third-order valence-electron chi connectivity index (χ3n) is 2.99. The molecule has 2 N–H and O–H groups in total. The molecule has 1 saturated heterocycles. The second-order valence-electron chi connectivity index (χ2n) is 5.25. The molecule has 0 aromatic carbocycles. The maximum Gasteiger partial charge on any atom is 0.257 e. The smallest absolute Gasteiger partial charge is 0.257 e. The number of ether oxygens (including phenoxy) is 1. The van der Waals surface area contributed by atoms with Gasteiger partial charge in [0.25, 0.3) is 10.0 Å². The van der Waals surface area contributed by atoms with E-state index in [2.05, 4.69) is 14.7 Å². The number of aromatic amines is 1. The minimum atomic E-state index is -3.51. The third-order valence-corrected chi connectivity index (χ3v) is 4.42. The highest BCUT2D eigenvalue weighted by atomic mass is 32.2. The molecule has 1 unspecified atom stereocenters. The molecular weight excluding hydrogens is 254 g/mol. The molecule has 1 fully saturated rings. The molecule has 2 rings (SSSR count). The van der Waals surface area contributed by atoms with Crippen molar-refractivity contribution in [1.82, 2.24) is 14.7 Å². The summed E-state index contributed by atoms with van der Waals surface area (Å²) >= 11 is 0. The Bertz CT molecular complexity index is 521. The average molecular weight is 273 g/mol. The fraction of sp³-hybridized carbons (Fsp3) is 0.727. The van der Waals surface area contributed by atoms with Crippen molar-refractivity contribution in [3.8, 4) is 0 Å². The second-order valence-corrected chi connectivity index (χ2v) is 6.93. The Morgan fingerprint density at radius 2 is 2.28 bits per heavy atom. The maximum absolute atomic E-state index is 12.1. The van der Waals surface area contributed by atoms with Crippen LogP contribution < -0.4 is 4.72 Å². The van der Waals surface area contributed by atoms with Crippen LogP contribution in [0.15, 0.2) is 11.2 Å². The van der Waals surface area contributed by atoms with Crippen LogP contribution in [0.5, 0.6) is 0 Å². The Morgan fingerprint density at radius 3 is 2.83 bits per heavy atom. The topological polar surface area (TPSA) is 84.1 Å². The highest BCUT2D eigenvalue weighted by Crippen LogP contribution is 2.24. The summed E-state index contributed by atoms with van der Waals surface area (Å²) in [6.07, 6.45) is 2.69. The monoisotopic (exact) mass is 273 g/mol. The van der Waals surface area contributed by atoms with Crippen molar-refractivity contribution in [1.29, 1.82) is 0 Å². The van der Waals surface area contributed by atoms with Gasteiger partial charge in [-0.25, -0.2) is 18.1 Å². The van der Waals surface area contributed by atoms with Gasteiger partial charge in [0.1, 0.15) is 5.82 Å². The Kier molecular flexibility index (Phi) is 3.48. The number of nitrogens with one attached hydrogen (secondary N) is 2. The van der Waals surface area contributed by atoms with Crippen LogP contribution in [0, 0.1) is 6.92 Å². The predicted octanol–water partition coefficient (Wildman–Crippen LogP) is 0.954. The van der Waals surface area contributed by atoms with Crippen molar-refractivity contribution in [3.63, 3.8) is 0 Å². The summed E-state index contributed by atoms with van der Waals surface area (Å²) < 4.78 is 32.5. The fourth-order valence-electron chi connectivity index (χ4n) is 2.15. The summed E-state index contributed by atoms with van der Waals surface area (Å²) in [5.74, 6) is 0.586. The van der Waals surface area contributed by atoms with E-state index in [1.165, 1.54) is 6.20 Å². The lowest BCUT2D eigenvalue weighted by atomic mass is 9.95. The Labute approximate surface area is 107 Å². The van der Waals surface area contributed by atoms with Gasteiger partial charge in [0, 0.05) is 12.6 Å². The van der Waals surface area contributed by atoms with Crippen LogP contribution in [0.2, 0.25) is 0 Å². The molecule has 6 nitrogen and oxygen atoms in total. The molecule has 0 aliphatic carbocycles. The van der Waals surface area contributed by atoms with Crippen molar-refractivity contribution >= 4 is 10.0 Å². The standard InChI is InChI=1S/C11H19N3O3S/c1-8-12-7-10(13-8)18(15,16)14-9-4-5-17-11(2,3)6-9/h7,9,14H,4-6H2,1-3H3,(H,12,13). The quantitative estimate of drug-likeness (QED) is 0.859. The first kappa shape index (κ1) is 13.5. The molecule has 0 amide bonds. The molecule has 18 heavy (non-hydrogen) atoms. The largest absolute Gasteiger partial charge is 0.375 e. The van der Waals surface area contributed by atoms with Gasteiger partial charge in [-0.1, -0.05) is 0 Å². The number of hydrogen-bond acceptors (Lipinski definition) is 4. The number of nitrogens with zero attached hydrogens (tertiary/aromatic N) is 1. The van der Waals surface area contributed by atoms with Gasteiger partial charge in [0.05, 0.1) is 11.8 Å². The van der Waals surface area contributed by atoms with E-state index in [1.54, 1.807) is 6.92 Å². The molecule has 0 saturated carbocycles. The van der Waals surface area contributed by atoms with Crippen LogP contribution in [-0.2, 0) is 14.8 Å². The van der Waals surface area contributed by atoms with Crippen LogP contribution in [0.4, 0.5) is 0 Å². The third kappa shape index (κ3) is 3.09. The zero-order valence-electron chi connectivity index (χ0n) is 10.9. The minimum absolute atomic E-state index is 0.0950. The van der Waals surface area contributed by atoms with Crippen molar-refractivity contribution in [3.05, 3.63) is 12.0 Å². The lowest BCUT2D eigenvalue weighted by Crippen LogP contribution is -2.45. The maximum atomic E-state index is 12.1. The van der Waals surface area contributed by atoms with E-state index in [1.807, 2.05) is 13.8 Å². The van der Waals surface area contributed by atoms with E-state index in [0.29, 0.717) is 25.3 Å². The molecule has 0 spiro atoms. The van der Waals surface area contributed by atoms with Crippen LogP contribution in [0.1, 0.15) is 32.5 Å². The molecule has 0 bridgehead atoms. The molecule has 1 aromatic rings. The average Bonchev–Trinajstić information content (AvgIpc) is 2.63. The van der Waals surface area contributed by atoms with Gasteiger partial charge in [-0.15, -0.1) is 0 Å². The normalized spacial score (nSPS) is 24.1. The molecule has 0 radical (unpaired) electrons. The molecule has 7 heteroatoms. The van der Waals surface area contributed by atoms with Crippen molar-refractivity contribution in [2.45, 2.75) is 50.3 Å². The van der Waals surface area contributed by atoms with Crippen molar-refractivity contribution in [2.24, 2.45) is 0 Å². The van der Waals surface area contributed by atoms with E-state index in [4.69, 9.17) is 4.74 Å². The minimum Gasteiger partial charge on any atom is -0.375 e. The van der Waals surface area contributed by atoms with Gasteiger partial charge < -0.3 is 9.72 Å². The summed E-state index contributed by atoms with van der Waals surface area (Å²) in [7, 11) is -3.51. The Balaban J connectivity index is 2.09. The zero-order valence-corrected chi connectivity index (χ0v) is 11.7. The highest BCUT2D eigenvalue weighted by Gasteiger charge is 2.32. The zero-order chi connectivity index (χ0) is 13.4. The lowest BCUT2D eigenvalue weighted by Gasteiger charge is -2.35. The molecule has 1 aromatic heterocycles. The number of imidazole rings is 1. The SMILES string of the molecule is Cc1ncc(S(=O)(=O)NC2CCOC(C)(C)C2)[nH]1. The molecular formula is C11H19N3O3S. The number of hydrogen-bond donors (Lipinski definition) is 2. The van der Waals surface area contributed by atoms with Gasteiger partial charge >= 0.3 is 0 Å². The van der Waals surface area contributed by atoms with E-state index < -0.39 is 10.0 Å². The van der Waals surface area contributed by atoms with Crippen LogP contribution in [-0.4, -0.2) is 36.6 Å². The van der Waals surface area contributed by atoms with Gasteiger partial charge in [0.15, 0.2) is 5.03 Å². The number of H-pyrrole nitrogens is 1. The Hall–Kier alpha value is -0.920. The molecule has 1 atom stereocenters. The second kappa shape index (κ2) is 4.64. The van der Waals surface area contributed by atoms with Gasteiger partial charge in [-0.2, -0.15) is 0 Å². The number of aromatic nitrogens is 2. The van der Waals surface area contributed by atoms with Crippen molar-refractivity contribution < 1.29 is 13.2 Å². The highest BCUT2D eigenvalue weighted by molar-refractivity contribution is 7.89. The summed E-state index contributed by atoms with van der Waals surface area (Å²) in [5.41, 5.74) is -0.282. The summed E-state index contributed by atoms with van der Waals surface area (Å²) in [6, 6.07) is -0.0950. The first-order valence-electron chi connectivity index (χ1n) is 5.96. The molecule has 1 aliphatic rings. The predicted molar refractivity (Wildman–Crippen MR) is 66.7 cm³/mol. The summed E-state index contributed by atoms with van der Waals surface area (Å²) in [6.45, 7) is 6.22. The molecule has 1 aliphatic heterocycles. The number of rotatable bonds is 3. The lowest BCUT2D eigenvalue weighted by molar-refractivity contribution is -0.0599. The van der Waals surface area contributed by atoms with Crippen LogP contribution >= 0.6 is 0 Å². The van der Waals surface area contributed by atoms with Gasteiger partial charge in [-0.05, 0) is 33.6 Å². The van der Waals surface area contributed by atoms with E-state index in [0.717, 1.165) is 0 Å². The van der Waals surface area contributed by atoms with Gasteiger partial charge in [-0.3, -0.25) is 0 Å². The first-order chi connectivity index (χ1) is 8.28. The summed E-state index contributed by atoms with van der Waals surface area (Å²) in [5, 5.41) is 0.115. The van der Waals surface area contributed by atoms with E-state index in [-0.39, 0.29) is 16.7 Å². The van der Waals surface area contributed by atoms with E-state index in [9.17, 15) is 8.42 Å². The Morgan fingerprint density at radius 1 is 1.56 bits per heavy atom. The summed E-state index contributed by atoms with van der Waals surface area (Å²) in [4.78, 5) is 6.64. The number of aryl methyl sites for hydroxylation is 1. The van der Waals surface area contributed by atoms with Crippen LogP contribution in [0.3, 0.4) is 0 Å². The van der Waals surface area contributed by atoms with Gasteiger partial charge in [0.2, 0.25) is 0 Å². The molecule has 2 heterocycles. The first-order valence-corrected chi connectivity index (χ1v) is 7.45. The van der Waals surface area contributed by atoms with Crippen molar-refractivity contribution in [2.75, 3.05) is 6.61 Å².